The van der Waals surface area contributed by atoms with Crippen LogP contribution in [0.4, 0.5) is 5.82 Å². The van der Waals surface area contributed by atoms with Crippen LogP contribution in [0.2, 0.25) is 0 Å². The topological polar surface area (TPSA) is 85.5 Å². The molecule has 7 nitrogen and oxygen atoms in total. The summed E-state index contributed by atoms with van der Waals surface area (Å²) in [7, 11) is 4.81. The van der Waals surface area contributed by atoms with Crippen LogP contribution < -0.4 is 25.1 Å². The van der Waals surface area contributed by atoms with Crippen LogP contribution in [0, 0.1) is 0 Å². The third-order valence-electron chi connectivity index (χ3n) is 5.33. The van der Waals surface area contributed by atoms with Gasteiger partial charge in [0.05, 0.1) is 26.8 Å². The molecule has 0 spiro atoms. The van der Waals surface area contributed by atoms with Gasteiger partial charge in [0.25, 0.3) is 5.56 Å². The van der Waals surface area contributed by atoms with Gasteiger partial charge >= 0.3 is 0 Å². The lowest BCUT2D eigenvalue weighted by Crippen LogP contribution is -2.14. The number of pyridine rings is 2. The van der Waals surface area contributed by atoms with Crippen LogP contribution in [0.15, 0.2) is 47.4 Å². The number of H-pyrrole nitrogens is 1. The second-order valence-corrected chi connectivity index (χ2v) is 7.15. The smallest absolute Gasteiger partial charge is 0.252 e. The molecule has 160 valence electrons. The molecule has 0 aliphatic carbocycles. The number of hydrogen-bond acceptors (Lipinski definition) is 6. The highest BCUT2D eigenvalue weighted by Gasteiger charge is 2.15. The van der Waals surface area contributed by atoms with Gasteiger partial charge in [-0.1, -0.05) is 0 Å². The summed E-state index contributed by atoms with van der Waals surface area (Å²) in [6.07, 6.45) is 2.10. The molecule has 0 aliphatic heterocycles. The molecular weight excluding hydrogens is 394 g/mol. The molecule has 2 N–H and O–H groups in total. The summed E-state index contributed by atoms with van der Waals surface area (Å²) in [5.74, 6) is 2.71. The van der Waals surface area contributed by atoms with E-state index in [9.17, 15) is 4.79 Å². The predicted molar refractivity (Wildman–Crippen MR) is 123 cm³/mol. The maximum Gasteiger partial charge on any atom is 0.252 e. The van der Waals surface area contributed by atoms with Crippen LogP contribution >= 0.6 is 0 Å². The molecule has 4 rings (SSSR count). The van der Waals surface area contributed by atoms with Gasteiger partial charge in [-0.2, -0.15) is 0 Å². The molecule has 4 aromatic rings. The molecule has 0 amide bonds. The summed E-state index contributed by atoms with van der Waals surface area (Å²) < 4.78 is 16.2. The molecule has 0 saturated heterocycles. The highest BCUT2D eigenvalue weighted by atomic mass is 16.5. The Labute approximate surface area is 180 Å². The molecule has 31 heavy (non-hydrogen) atoms. The summed E-state index contributed by atoms with van der Waals surface area (Å²) in [4.78, 5) is 20.5. The monoisotopic (exact) mass is 419 g/mol. The van der Waals surface area contributed by atoms with E-state index in [0.29, 0.717) is 23.5 Å². The van der Waals surface area contributed by atoms with Gasteiger partial charge < -0.3 is 24.5 Å². The summed E-state index contributed by atoms with van der Waals surface area (Å²) in [5.41, 5.74) is 2.28. The third-order valence-corrected chi connectivity index (χ3v) is 5.33. The van der Waals surface area contributed by atoms with E-state index >= 15 is 0 Å². The fraction of sp³-hybridized carbons (Fsp3) is 0.250. The van der Waals surface area contributed by atoms with E-state index < -0.39 is 0 Å². The third kappa shape index (κ3) is 3.86. The van der Waals surface area contributed by atoms with Gasteiger partial charge in [0.1, 0.15) is 11.6 Å². The Hall–Kier alpha value is -3.74. The summed E-state index contributed by atoms with van der Waals surface area (Å²) >= 11 is 0. The van der Waals surface area contributed by atoms with Crippen molar-refractivity contribution >= 4 is 27.5 Å². The zero-order chi connectivity index (χ0) is 22.0. The molecule has 0 radical (unpaired) electrons. The molecule has 0 saturated carbocycles. The lowest BCUT2D eigenvalue weighted by molar-refractivity contribution is 0.356. The minimum absolute atomic E-state index is 0.145. The average Bonchev–Trinajstić information content (AvgIpc) is 2.80. The van der Waals surface area contributed by atoms with E-state index in [4.69, 9.17) is 19.2 Å². The minimum Gasteiger partial charge on any atom is -0.497 e. The Morgan fingerprint density at radius 1 is 0.968 bits per heavy atom. The van der Waals surface area contributed by atoms with Crippen molar-refractivity contribution in [1.82, 2.24) is 9.97 Å². The molecule has 2 aromatic heterocycles. The summed E-state index contributed by atoms with van der Waals surface area (Å²) in [6, 6.07) is 11.5. The van der Waals surface area contributed by atoms with E-state index in [1.807, 2.05) is 37.3 Å². The number of aromatic nitrogens is 2. The number of benzene rings is 2. The van der Waals surface area contributed by atoms with Crippen molar-refractivity contribution in [2.75, 3.05) is 33.2 Å². The number of nitrogens with one attached hydrogen (secondary N) is 2. The van der Waals surface area contributed by atoms with E-state index in [0.717, 1.165) is 45.4 Å². The Balaban J connectivity index is 1.90. The van der Waals surface area contributed by atoms with E-state index in [-0.39, 0.29) is 5.56 Å². The number of nitrogens with zero attached hydrogens (tertiary/aromatic N) is 1. The molecule has 7 heteroatoms. The lowest BCUT2D eigenvalue weighted by atomic mass is 9.99. The molecule has 0 bridgehead atoms. The molecule has 0 fully saturated rings. The first-order valence-electron chi connectivity index (χ1n) is 10.1. The van der Waals surface area contributed by atoms with Crippen molar-refractivity contribution in [3.8, 4) is 17.2 Å². The number of ether oxygens (including phenoxy) is 3. The maximum absolute atomic E-state index is 12.8. The standard InChI is InChI=1S/C24H25N3O4/c1-5-25-23-15(8-14-9-17(29-2)6-7-20(14)27-23)10-19-18-12-22(31-4)21(30-3)11-16(18)13-26-24(19)28/h6-9,11-13H,5,10H2,1-4H3,(H,25,27)(H,26,28). The van der Waals surface area contributed by atoms with Gasteiger partial charge in [0.2, 0.25) is 0 Å². The largest absolute Gasteiger partial charge is 0.497 e. The van der Waals surface area contributed by atoms with Gasteiger partial charge in [0.15, 0.2) is 11.5 Å². The van der Waals surface area contributed by atoms with Gasteiger partial charge in [-0.05, 0) is 54.3 Å². The lowest BCUT2D eigenvalue weighted by Gasteiger charge is -2.14. The van der Waals surface area contributed by atoms with Crippen molar-refractivity contribution in [1.29, 1.82) is 0 Å². The van der Waals surface area contributed by atoms with Crippen molar-refractivity contribution in [3.05, 3.63) is 64.1 Å². The van der Waals surface area contributed by atoms with Crippen LogP contribution in [0.1, 0.15) is 18.1 Å². The van der Waals surface area contributed by atoms with Crippen LogP contribution in [0.25, 0.3) is 21.7 Å². The molecule has 2 aromatic carbocycles. The van der Waals surface area contributed by atoms with Crippen molar-refractivity contribution in [2.24, 2.45) is 0 Å². The zero-order valence-corrected chi connectivity index (χ0v) is 18.0. The highest BCUT2D eigenvalue weighted by Crippen LogP contribution is 2.34. The molecule has 0 unspecified atom stereocenters. The van der Waals surface area contributed by atoms with Crippen molar-refractivity contribution in [3.63, 3.8) is 0 Å². The first-order valence-corrected chi connectivity index (χ1v) is 10.1. The summed E-state index contributed by atoms with van der Waals surface area (Å²) in [6.45, 7) is 2.74. The van der Waals surface area contributed by atoms with Gasteiger partial charge in [-0.3, -0.25) is 4.79 Å². The quantitative estimate of drug-likeness (QED) is 0.469. The molecule has 0 atom stereocenters. The Morgan fingerprint density at radius 2 is 1.74 bits per heavy atom. The van der Waals surface area contributed by atoms with Crippen LogP contribution in [-0.2, 0) is 6.42 Å². The van der Waals surface area contributed by atoms with Crippen LogP contribution in [0.3, 0.4) is 0 Å². The maximum atomic E-state index is 12.8. The van der Waals surface area contributed by atoms with Crippen molar-refractivity contribution < 1.29 is 14.2 Å². The van der Waals surface area contributed by atoms with Gasteiger partial charge in [0, 0.05) is 35.5 Å². The van der Waals surface area contributed by atoms with Gasteiger partial charge in [-0.25, -0.2) is 4.98 Å². The molecule has 0 aliphatic rings. The fourth-order valence-corrected chi connectivity index (χ4v) is 3.77. The zero-order valence-electron chi connectivity index (χ0n) is 18.0. The van der Waals surface area contributed by atoms with E-state index in [1.165, 1.54) is 0 Å². The Bertz CT molecular complexity index is 1310. The number of methoxy groups -OCH3 is 3. The number of fused-ring (bicyclic) bond motifs is 2. The second-order valence-electron chi connectivity index (χ2n) is 7.15. The first kappa shape index (κ1) is 20.5. The normalized spacial score (nSPS) is 11.0. The Kier molecular flexibility index (Phi) is 5.66. The SMILES string of the molecule is CCNc1nc2ccc(OC)cc2cc1Cc1c(=O)[nH]cc2cc(OC)c(OC)cc12. The Morgan fingerprint density at radius 3 is 2.45 bits per heavy atom. The molecular formula is C24H25N3O4. The number of hydrogen-bond donors (Lipinski definition) is 2. The second kappa shape index (κ2) is 8.55. The minimum atomic E-state index is -0.145. The van der Waals surface area contributed by atoms with Crippen LogP contribution in [-0.4, -0.2) is 37.8 Å². The number of anilines is 1. The van der Waals surface area contributed by atoms with E-state index in [2.05, 4.69) is 16.4 Å². The van der Waals surface area contributed by atoms with Crippen molar-refractivity contribution in [2.45, 2.75) is 13.3 Å². The number of aromatic amines is 1. The average molecular weight is 419 g/mol. The number of rotatable bonds is 7. The molecule has 2 heterocycles. The van der Waals surface area contributed by atoms with Gasteiger partial charge in [-0.15, -0.1) is 0 Å². The fourth-order valence-electron chi connectivity index (χ4n) is 3.77. The predicted octanol–water partition coefficient (Wildman–Crippen LogP) is 4.12. The summed E-state index contributed by atoms with van der Waals surface area (Å²) in [5, 5.41) is 5.96. The van der Waals surface area contributed by atoms with Crippen LogP contribution in [0.5, 0.6) is 17.2 Å². The van der Waals surface area contributed by atoms with E-state index in [1.54, 1.807) is 27.5 Å². The first-order chi connectivity index (χ1) is 15.1. The highest BCUT2D eigenvalue weighted by molar-refractivity contribution is 5.89.